The molecule has 0 aromatic heterocycles. The largest absolute Gasteiger partial charge is 0.343 e. The normalized spacial score (nSPS) is 33.5. The van der Waals surface area contributed by atoms with Crippen molar-refractivity contribution in [3.8, 4) is 0 Å². The van der Waals surface area contributed by atoms with Gasteiger partial charge in [-0.3, -0.25) is 4.79 Å². The summed E-state index contributed by atoms with van der Waals surface area (Å²) in [6.45, 7) is 2.87. The Morgan fingerprint density at radius 2 is 1.67 bits per heavy atom. The Labute approximate surface area is 129 Å². The first-order valence-corrected chi connectivity index (χ1v) is 9.34. The Morgan fingerprint density at radius 1 is 0.905 bits per heavy atom. The standard InChI is InChI=1S/C18H32N2O/c21-18(20-12-4-1-5-13-20)10-11-19-17-9-8-15-6-2-3-7-16(15)14-17/h15-17,19H,1-14H2. The lowest BCUT2D eigenvalue weighted by atomic mass is 9.69. The number of nitrogens with zero attached hydrogens (tertiary/aromatic N) is 1. The molecule has 3 rings (SSSR count). The highest BCUT2D eigenvalue weighted by Crippen LogP contribution is 2.40. The maximum absolute atomic E-state index is 12.2. The number of rotatable bonds is 4. The summed E-state index contributed by atoms with van der Waals surface area (Å²) in [5.41, 5.74) is 0. The predicted octanol–water partition coefficient (Wildman–Crippen LogP) is 3.34. The Balaban J connectivity index is 1.34. The van der Waals surface area contributed by atoms with Gasteiger partial charge < -0.3 is 10.2 Å². The third-order valence-electron chi connectivity index (χ3n) is 6.02. The van der Waals surface area contributed by atoms with Crippen LogP contribution in [0.25, 0.3) is 0 Å². The van der Waals surface area contributed by atoms with Gasteiger partial charge in [0.05, 0.1) is 0 Å². The van der Waals surface area contributed by atoms with Gasteiger partial charge in [0.25, 0.3) is 0 Å². The molecule has 1 saturated heterocycles. The quantitative estimate of drug-likeness (QED) is 0.862. The highest BCUT2D eigenvalue weighted by atomic mass is 16.2. The van der Waals surface area contributed by atoms with Crippen LogP contribution in [0.5, 0.6) is 0 Å². The first-order valence-electron chi connectivity index (χ1n) is 9.34. The van der Waals surface area contributed by atoms with Gasteiger partial charge in [0, 0.05) is 32.1 Å². The summed E-state index contributed by atoms with van der Waals surface area (Å²) in [4.78, 5) is 14.2. The number of amides is 1. The van der Waals surface area contributed by atoms with Gasteiger partial charge in [-0.25, -0.2) is 0 Å². The van der Waals surface area contributed by atoms with Gasteiger partial charge in [0.1, 0.15) is 0 Å². The van der Waals surface area contributed by atoms with Gasteiger partial charge in [0.2, 0.25) is 5.91 Å². The molecule has 3 atom stereocenters. The molecule has 2 saturated carbocycles. The van der Waals surface area contributed by atoms with E-state index >= 15 is 0 Å². The summed E-state index contributed by atoms with van der Waals surface area (Å²) >= 11 is 0. The Hall–Kier alpha value is -0.570. The molecule has 3 unspecified atom stereocenters. The first-order chi connectivity index (χ1) is 10.3. The number of hydrogen-bond donors (Lipinski definition) is 1. The molecule has 0 radical (unpaired) electrons. The van der Waals surface area contributed by atoms with Crippen LogP contribution in [0.2, 0.25) is 0 Å². The number of likely N-dealkylation sites (tertiary alicyclic amines) is 1. The van der Waals surface area contributed by atoms with Crippen LogP contribution in [0.3, 0.4) is 0 Å². The van der Waals surface area contributed by atoms with Crippen molar-refractivity contribution in [2.45, 2.75) is 76.7 Å². The predicted molar refractivity (Wildman–Crippen MR) is 86.1 cm³/mol. The van der Waals surface area contributed by atoms with Crippen molar-refractivity contribution in [1.29, 1.82) is 0 Å². The van der Waals surface area contributed by atoms with Crippen LogP contribution in [0.4, 0.5) is 0 Å². The molecule has 3 nitrogen and oxygen atoms in total. The topological polar surface area (TPSA) is 32.3 Å². The van der Waals surface area contributed by atoms with Crippen molar-refractivity contribution in [2.75, 3.05) is 19.6 Å². The molecule has 1 N–H and O–H groups in total. The van der Waals surface area contributed by atoms with E-state index in [1.165, 1.54) is 64.2 Å². The zero-order chi connectivity index (χ0) is 14.5. The maximum Gasteiger partial charge on any atom is 0.223 e. The van der Waals surface area contributed by atoms with E-state index in [9.17, 15) is 4.79 Å². The summed E-state index contributed by atoms with van der Waals surface area (Å²) in [5.74, 6) is 2.36. The molecular weight excluding hydrogens is 260 g/mol. The number of nitrogens with one attached hydrogen (secondary N) is 1. The van der Waals surface area contributed by atoms with Gasteiger partial charge in [0.15, 0.2) is 0 Å². The number of hydrogen-bond acceptors (Lipinski definition) is 2. The molecule has 120 valence electrons. The monoisotopic (exact) mass is 292 g/mol. The third kappa shape index (κ3) is 4.21. The molecule has 0 spiro atoms. The van der Waals surface area contributed by atoms with Crippen molar-refractivity contribution in [3.63, 3.8) is 0 Å². The number of carbonyl (C=O) groups excluding carboxylic acids is 1. The second kappa shape index (κ2) is 7.62. The second-order valence-electron chi connectivity index (χ2n) is 7.46. The van der Waals surface area contributed by atoms with Crippen molar-refractivity contribution in [2.24, 2.45) is 11.8 Å². The van der Waals surface area contributed by atoms with E-state index in [0.717, 1.165) is 31.5 Å². The van der Waals surface area contributed by atoms with Crippen molar-refractivity contribution < 1.29 is 4.79 Å². The SMILES string of the molecule is O=C(CCNC1CCC2CCCCC2C1)N1CCCCC1. The minimum absolute atomic E-state index is 0.369. The lowest BCUT2D eigenvalue weighted by molar-refractivity contribution is -0.132. The zero-order valence-corrected chi connectivity index (χ0v) is 13.5. The second-order valence-corrected chi connectivity index (χ2v) is 7.46. The van der Waals surface area contributed by atoms with Gasteiger partial charge in [-0.05, 0) is 50.4 Å². The van der Waals surface area contributed by atoms with Crippen LogP contribution >= 0.6 is 0 Å². The van der Waals surface area contributed by atoms with Crippen LogP contribution in [0.1, 0.15) is 70.6 Å². The molecule has 1 aliphatic heterocycles. The Kier molecular flexibility index (Phi) is 5.56. The van der Waals surface area contributed by atoms with Crippen molar-refractivity contribution in [3.05, 3.63) is 0 Å². The molecule has 0 bridgehead atoms. The summed E-state index contributed by atoms with van der Waals surface area (Å²) < 4.78 is 0. The van der Waals surface area contributed by atoms with Crippen LogP contribution in [-0.4, -0.2) is 36.5 Å². The number of carbonyl (C=O) groups is 1. The average molecular weight is 292 g/mol. The number of piperidine rings is 1. The van der Waals surface area contributed by atoms with E-state index < -0.39 is 0 Å². The van der Waals surface area contributed by atoms with Crippen molar-refractivity contribution >= 4 is 5.91 Å². The molecule has 1 amide bonds. The molecule has 21 heavy (non-hydrogen) atoms. The molecule has 2 aliphatic carbocycles. The van der Waals surface area contributed by atoms with E-state index in [0.29, 0.717) is 18.4 Å². The molecule has 0 aromatic carbocycles. The summed E-state index contributed by atoms with van der Waals surface area (Å²) in [7, 11) is 0. The fourth-order valence-corrected chi connectivity index (χ4v) is 4.74. The van der Waals surface area contributed by atoms with E-state index in [1.807, 2.05) is 0 Å². The first kappa shape index (κ1) is 15.3. The highest BCUT2D eigenvalue weighted by molar-refractivity contribution is 5.76. The Morgan fingerprint density at radius 3 is 2.48 bits per heavy atom. The smallest absolute Gasteiger partial charge is 0.223 e. The lowest BCUT2D eigenvalue weighted by Crippen LogP contribution is -2.41. The van der Waals surface area contributed by atoms with Crippen LogP contribution in [0.15, 0.2) is 0 Å². The van der Waals surface area contributed by atoms with Crippen LogP contribution < -0.4 is 5.32 Å². The van der Waals surface area contributed by atoms with E-state index in [-0.39, 0.29) is 0 Å². The Bertz CT molecular complexity index is 338. The van der Waals surface area contributed by atoms with Crippen molar-refractivity contribution in [1.82, 2.24) is 10.2 Å². The van der Waals surface area contributed by atoms with Gasteiger partial charge in [-0.15, -0.1) is 0 Å². The van der Waals surface area contributed by atoms with Crippen LogP contribution in [-0.2, 0) is 4.79 Å². The zero-order valence-electron chi connectivity index (χ0n) is 13.5. The van der Waals surface area contributed by atoms with E-state index in [2.05, 4.69) is 10.2 Å². The van der Waals surface area contributed by atoms with Gasteiger partial charge >= 0.3 is 0 Å². The fraction of sp³-hybridized carbons (Fsp3) is 0.944. The molecule has 3 aliphatic rings. The molecule has 3 fully saturated rings. The summed E-state index contributed by atoms with van der Waals surface area (Å²) in [6, 6.07) is 0.679. The van der Waals surface area contributed by atoms with E-state index in [4.69, 9.17) is 0 Å². The lowest BCUT2D eigenvalue weighted by Gasteiger charge is -2.39. The summed E-state index contributed by atoms with van der Waals surface area (Å²) in [5, 5.41) is 3.68. The molecular formula is C18H32N2O. The fourth-order valence-electron chi connectivity index (χ4n) is 4.74. The summed E-state index contributed by atoms with van der Waals surface area (Å²) in [6.07, 6.45) is 14.3. The third-order valence-corrected chi connectivity index (χ3v) is 6.02. The molecule has 0 aromatic rings. The van der Waals surface area contributed by atoms with Gasteiger partial charge in [-0.1, -0.05) is 25.7 Å². The van der Waals surface area contributed by atoms with Crippen LogP contribution in [0, 0.1) is 11.8 Å². The minimum Gasteiger partial charge on any atom is -0.343 e. The minimum atomic E-state index is 0.369. The highest BCUT2D eigenvalue weighted by Gasteiger charge is 2.31. The maximum atomic E-state index is 12.2. The van der Waals surface area contributed by atoms with E-state index in [1.54, 1.807) is 0 Å². The average Bonchev–Trinajstić information content (AvgIpc) is 2.55. The molecule has 1 heterocycles. The van der Waals surface area contributed by atoms with Gasteiger partial charge in [-0.2, -0.15) is 0 Å². The molecule has 3 heteroatoms. The number of fused-ring (bicyclic) bond motifs is 1.